The molecular weight excluding hydrogens is 302 g/mol. The predicted molar refractivity (Wildman–Crippen MR) is 75.8 cm³/mol. The lowest BCUT2D eigenvalue weighted by molar-refractivity contribution is 0.678. The summed E-state index contributed by atoms with van der Waals surface area (Å²) in [5.41, 5.74) is 0. The second-order valence-electron chi connectivity index (χ2n) is 4.28. The Morgan fingerprint density at radius 1 is 1.41 bits per heavy atom. The molecule has 0 aliphatic rings. The Kier molecular flexibility index (Phi) is 5.52. The lowest BCUT2D eigenvalue weighted by Gasteiger charge is -2.12. The van der Waals surface area contributed by atoms with Crippen LogP contribution in [0, 0.1) is 0 Å². The van der Waals surface area contributed by atoms with Gasteiger partial charge in [-0.1, -0.05) is 13.8 Å². The molecule has 96 valence electrons. The molecule has 1 aromatic heterocycles. The average molecular weight is 320 g/mol. The van der Waals surface area contributed by atoms with Crippen LogP contribution in [0.3, 0.4) is 0 Å². The minimum atomic E-state index is -0.821. The zero-order valence-electron chi connectivity index (χ0n) is 10.5. The molecule has 17 heavy (non-hydrogen) atoms. The van der Waals surface area contributed by atoms with Gasteiger partial charge in [0.1, 0.15) is 16.2 Å². The SMILES string of the molecule is CC(C)c1nc(Br)cc(NCC(C)S(C)=O)n1. The Balaban J connectivity index is 2.74. The van der Waals surface area contributed by atoms with Gasteiger partial charge >= 0.3 is 0 Å². The van der Waals surface area contributed by atoms with E-state index in [0.29, 0.717) is 6.54 Å². The minimum absolute atomic E-state index is 0.103. The molecule has 4 nitrogen and oxygen atoms in total. The number of aromatic nitrogens is 2. The van der Waals surface area contributed by atoms with E-state index in [1.165, 1.54) is 0 Å². The molecule has 0 fully saturated rings. The smallest absolute Gasteiger partial charge is 0.134 e. The van der Waals surface area contributed by atoms with Crippen LogP contribution in [-0.4, -0.2) is 32.2 Å². The number of hydrogen-bond donors (Lipinski definition) is 1. The highest BCUT2D eigenvalue weighted by atomic mass is 79.9. The number of hydrogen-bond acceptors (Lipinski definition) is 4. The molecule has 0 saturated heterocycles. The Hall–Kier alpha value is -0.490. The van der Waals surface area contributed by atoms with Gasteiger partial charge in [0.2, 0.25) is 0 Å². The van der Waals surface area contributed by atoms with Crippen molar-refractivity contribution in [1.82, 2.24) is 9.97 Å². The maximum atomic E-state index is 11.2. The first-order valence-corrected chi connectivity index (χ1v) is 7.92. The number of halogens is 1. The molecule has 0 bridgehead atoms. The molecule has 1 N–H and O–H groups in total. The summed E-state index contributed by atoms with van der Waals surface area (Å²) in [5.74, 6) is 1.85. The van der Waals surface area contributed by atoms with Crippen molar-refractivity contribution in [2.45, 2.75) is 31.9 Å². The molecule has 0 aliphatic carbocycles. The number of nitrogens with one attached hydrogen (secondary N) is 1. The minimum Gasteiger partial charge on any atom is -0.369 e. The van der Waals surface area contributed by atoms with Gasteiger partial charge in [0.15, 0.2) is 0 Å². The highest BCUT2D eigenvalue weighted by Crippen LogP contribution is 2.17. The third kappa shape index (κ3) is 4.71. The van der Waals surface area contributed by atoms with Crippen LogP contribution in [0.15, 0.2) is 10.7 Å². The Morgan fingerprint density at radius 3 is 2.59 bits per heavy atom. The molecule has 0 saturated carbocycles. The van der Waals surface area contributed by atoms with E-state index in [4.69, 9.17) is 0 Å². The molecule has 1 aromatic rings. The van der Waals surface area contributed by atoms with Crippen molar-refractivity contribution in [3.05, 3.63) is 16.5 Å². The van der Waals surface area contributed by atoms with Gasteiger partial charge in [0, 0.05) is 40.8 Å². The number of nitrogens with zero attached hydrogens (tertiary/aromatic N) is 2. The predicted octanol–water partition coefficient (Wildman–Crippen LogP) is 2.54. The van der Waals surface area contributed by atoms with Gasteiger partial charge in [-0.25, -0.2) is 9.97 Å². The summed E-state index contributed by atoms with van der Waals surface area (Å²) < 4.78 is 12.0. The fourth-order valence-electron chi connectivity index (χ4n) is 1.15. The van der Waals surface area contributed by atoms with Gasteiger partial charge in [0.25, 0.3) is 0 Å². The van der Waals surface area contributed by atoms with Crippen LogP contribution in [-0.2, 0) is 10.8 Å². The fraction of sp³-hybridized carbons (Fsp3) is 0.636. The van der Waals surface area contributed by atoms with Crippen LogP contribution in [0.5, 0.6) is 0 Å². The molecule has 6 heteroatoms. The summed E-state index contributed by atoms with van der Waals surface area (Å²) >= 11 is 3.37. The monoisotopic (exact) mass is 319 g/mol. The zero-order valence-corrected chi connectivity index (χ0v) is 12.9. The Morgan fingerprint density at radius 2 is 2.06 bits per heavy atom. The lowest BCUT2D eigenvalue weighted by atomic mass is 10.2. The van der Waals surface area contributed by atoms with Crippen molar-refractivity contribution in [3.8, 4) is 0 Å². The molecule has 1 rings (SSSR count). The molecule has 0 spiro atoms. The van der Waals surface area contributed by atoms with Gasteiger partial charge in [-0.05, 0) is 22.9 Å². The molecule has 1 heterocycles. The second kappa shape index (κ2) is 6.44. The van der Waals surface area contributed by atoms with Crippen molar-refractivity contribution < 1.29 is 4.21 Å². The summed E-state index contributed by atoms with van der Waals surface area (Å²) in [7, 11) is -0.821. The van der Waals surface area contributed by atoms with Crippen molar-refractivity contribution in [2.24, 2.45) is 0 Å². The first-order valence-electron chi connectivity index (χ1n) is 5.50. The lowest BCUT2D eigenvalue weighted by Crippen LogP contribution is -2.21. The van der Waals surface area contributed by atoms with Gasteiger partial charge < -0.3 is 5.32 Å². The van der Waals surface area contributed by atoms with Gasteiger partial charge in [-0.3, -0.25) is 4.21 Å². The molecule has 0 aliphatic heterocycles. The van der Waals surface area contributed by atoms with Crippen LogP contribution in [0.4, 0.5) is 5.82 Å². The third-order valence-corrected chi connectivity index (χ3v) is 4.07. The number of rotatable bonds is 5. The van der Waals surface area contributed by atoms with E-state index in [-0.39, 0.29) is 11.2 Å². The normalized spacial score (nSPS) is 14.7. The zero-order chi connectivity index (χ0) is 13.0. The molecule has 0 amide bonds. The first-order chi connectivity index (χ1) is 7.90. The first kappa shape index (κ1) is 14.6. The summed E-state index contributed by atoms with van der Waals surface area (Å²) in [5, 5.41) is 3.29. The highest BCUT2D eigenvalue weighted by Gasteiger charge is 2.09. The van der Waals surface area contributed by atoms with Crippen LogP contribution in [0.1, 0.15) is 32.5 Å². The Bertz CT molecular complexity index is 412. The number of anilines is 1. The molecular formula is C11H18BrN3OS. The average Bonchev–Trinajstić information content (AvgIpc) is 2.24. The molecule has 2 atom stereocenters. The fourth-order valence-corrected chi connectivity index (χ4v) is 1.87. The van der Waals surface area contributed by atoms with E-state index in [9.17, 15) is 4.21 Å². The molecule has 0 radical (unpaired) electrons. The summed E-state index contributed by atoms with van der Waals surface area (Å²) in [6.45, 7) is 6.69. The second-order valence-corrected chi connectivity index (χ2v) is 6.89. The summed E-state index contributed by atoms with van der Waals surface area (Å²) in [4.78, 5) is 8.71. The van der Waals surface area contributed by atoms with E-state index in [0.717, 1.165) is 16.2 Å². The molecule has 2 unspecified atom stereocenters. The van der Waals surface area contributed by atoms with Crippen LogP contribution in [0.2, 0.25) is 0 Å². The Labute approximate surface area is 113 Å². The van der Waals surface area contributed by atoms with Crippen molar-refractivity contribution in [3.63, 3.8) is 0 Å². The van der Waals surface area contributed by atoms with Gasteiger partial charge in [0.05, 0.1) is 0 Å². The van der Waals surface area contributed by atoms with Crippen molar-refractivity contribution in [1.29, 1.82) is 0 Å². The van der Waals surface area contributed by atoms with E-state index >= 15 is 0 Å². The highest BCUT2D eigenvalue weighted by molar-refractivity contribution is 9.10. The van der Waals surface area contributed by atoms with Gasteiger partial charge in [-0.2, -0.15) is 0 Å². The van der Waals surface area contributed by atoms with E-state index in [1.807, 2.05) is 13.0 Å². The van der Waals surface area contributed by atoms with Crippen LogP contribution < -0.4 is 5.32 Å². The largest absolute Gasteiger partial charge is 0.369 e. The quantitative estimate of drug-likeness (QED) is 0.847. The summed E-state index contributed by atoms with van der Waals surface area (Å²) in [6, 6.07) is 1.83. The topological polar surface area (TPSA) is 54.9 Å². The van der Waals surface area contributed by atoms with Crippen LogP contribution >= 0.6 is 15.9 Å². The van der Waals surface area contributed by atoms with Gasteiger partial charge in [-0.15, -0.1) is 0 Å². The maximum absolute atomic E-state index is 11.2. The standard InChI is InChI=1S/C11H18BrN3OS/c1-7(2)11-14-9(12)5-10(15-11)13-6-8(3)17(4)16/h5,7-8H,6H2,1-4H3,(H,13,14,15). The maximum Gasteiger partial charge on any atom is 0.134 e. The van der Waals surface area contributed by atoms with Crippen molar-refractivity contribution in [2.75, 3.05) is 18.1 Å². The van der Waals surface area contributed by atoms with E-state index in [1.54, 1.807) is 6.26 Å². The third-order valence-electron chi connectivity index (χ3n) is 2.37. The van der Waals surface area contributed by atoms with E-state index < -0.39 is 10.8 Å². The van der Waals surface area contributed by atoms with E-state index in [2.05, 4.69) is 45.1 Å². The summed E-state index contributed by atoms with van der Waals surface area (Å²) in [6.07, 6.45) is 1.71. The van der Waals surface area contributed by atoms with Crippen molar-refractivity contribution >= 4 is 32.5 Å². The molecule has 0 aromatic carbocycles. The van der Waals surface area contributed by atoms with Crippen LogP contribution in [0.25, 0.3) is 0 Å².